The molecule has 0 saturated heterocycles. The fourth-order valence-corrected chi connectivity index (χ4v) is 5.73. The van der Waals surface area contributed by atoms with Crippen molar-refractivity contribution in [2.24, 2.45) is 0 Å². The minimum absolute atomic E-state index is 0.0699. The van der Waals surface area contributed by atoms with Crippen LogP contribution in [-0.4, -0.2) is 49.3 Å². The van der Waals surface area contributed by atoms with E-state index in [0.29, 0.717) is 12.1 Å². The predicted octanol–water partition coefficient (Wildman–Crippen LogP) is 4.58. The molecule has 0 spiro atoms. The van der Waals surface area contributed by atoms with Gasteiger partial charge in [-0.05, 0) is 58.1 Å². The third-order valence-corrected chi connectivity index (χ3v) is 7.88. The largest absolute Gasteiger partial charge is 0.449 e. The van der Waals surface area contributed by atoms with Crippen molar-refractivity contribution in [3.8, 4) is 23.0 Å². The molecular weight excluding hydrogens is 554 g/mol. The van der Waals surface area contributed by atoms with E-state index in [1.165, 1.54) is 0 Å². The minimum atomic E-state index is -0.621. The summed E-state index contributed by atoms with van der Waals surface area (Å²) >= 11 is 0. The van der Waals surface area contributed by atoms with E-state index in [-0.39, 0.29) is 50.5 Å². The zero-order valence-electron chi connectivity index (χ0n) is 24.0. The molecule has 1 unspecified atom stereocenters. The summed E-state index contributed by atoms with van der Waals surface area (Å²) in [5, 5.41) is 14.5. The van der Waals surface area contributed by atoms with Crippen molar-refractivity contribution in [1.82, 2.24) is 10.6 Å². The molecule has 4 aromatic carbocycles. The summed E-state index contributed by atoms with van der Waals surface area (Å²) in [6.07, 6.45) is -0.537. The van der Waals surface area contributed by atoms with Crippen LogP contribution in [0.2, 0.25) is 0 Å². The molecule has 1 heterocycles. The van der Waals surface area contributed by atoms with E-state index in [1.54, 1.807) is 11.0 Å². The number of amides is 3. The van der Waals surface area contributed by atoms with Crippen molar-refractivity contribution in [3.63, 3.8) is 0 Å². The summed E-state index contributed by atoms with van der Waals surface area (Å²) < 4.78 is 5.64. The first-order chi connectivity index (χ1) is 21.5. The SMILES string of the molecule is O=C(NCCC(=O)N1Cc2ccccc2C#Cc2ccccc21)OCC1c2ccccc2-c2ccc(C(=O)NCCO)cc21. The molecule has 0 bridgehead atoms. The number of hydrogen-bond donors (Lipinski definition) is 3. The van der Waals surface area contributed by atoms with Crippen LogP contribution in [0.4, 0.5) is 10.5 Å². The predicted molar refractivity (Wildman–Crippen MR) is 167 cm³/mol. The fourth-order valence-electron chi connectivity index (χ4n) is 5.73. The molecule has 0 aromatic heterocycles. The van der Waals surface area contributed by atoms with Crippen LogP contribution in [0, 0.1) is 11.8 Å². The molecule has 220 valence electrons. The number of carbonyl (C=O) groups excluding carboxylic acids is 3. The van der Waals surface area contributed by atoms with Gasteiger partial charge in [-0.2, -0.15) is 0 Å². The maximum absolute atomic E-state index is 13.5. The molecule has 44 heavy (non-hydrogen) atoms. The molecule has 3 N–H and O–H groups in total. The second kappa shape index (κ2) is 12.9. The summed E-state index contributed by atoms with van der Waals surface area (Å²) in [5.41, 5.74) is 7.75. The summed E-state index contributed by atoms with van der Waals surface area (Å²) in [6.45, 7) is 0.576. The number of rotatable bonds is 8. The standard InChI is InChI=1S/C36H31N3O5/c40-20-19-37-35(42)26-15-16-30-28-10-4-5-11-29(28)32(31(30)21-26)23-44-36(43)38-18-17-34(41)39-22-27-9-2-1-7-24(27)13-14-25-8-3-6-12-33(25)39/h1-12,15-16,21,32,40H,17-20,22-23H2,(H,37,42)(H,38,43). The molecule has 1 aliphatic carbocycles. The van der Waals surface area contributed by atoms with Crippen molar-refractivity contribution in [2.75, 3.05) is 31.2 Å². The number of para-hydroxylation sites is 1. The first kappa shape index (κ1) is 28.7. The average Bonchev–Trinajstić information content (AvgIpc) is 3.36. The Bertz CT molecular complexity index is 1800. The Morgan fingerprint density at radius 1 is 0.818 bits per heavy atom. The number of fused-ring (bicyclic) bond motifs is 5. The van der Waals surface area contributed by atoms with E-state index in [4.69, 9.17) is 9.84 Å². The van der Waals surface area contributed by atoms with Gasteiger partial charge in [-0.15, -0.1) is 0 Å². The first-order valence-corrected chi connectivity index (χ1v) is 14.6. The number of ether oxygens (including phenoxy) is 1. The van der Waals surface area contributed by atoms with Crippen LogP contribution in [0.3, 0.4) is 0 Å². The van der Waals surface area contributed by atoms with E-state index in [1.807, 2.05) is 84.9 Å². The van der Waals surface area contributed by atoms with Crippen molar-refractivity contribution < 1.29 is 24.2 Å². The highest BCUT2D eigenvalue weighted by atomic mass is 16.5. The number of hydrogen-bond acceptors (Lipinski definition) is 5. The second-order valence-electron chi connectivity index (χ2n) is 10.6. The summed E-state index contributed by atoms with van der Waals surface area (Å²) in [4.78, 5) is 40.5. The van der Waals surface area contributed by atoms with Crippen LogP contribution >= 0.6 is 0 Å². The normalized spacial score (nSPS) is 13.9. The van der Waals surface area contributed by atoms with E-state index in [0.717, 1.165) is 44.6 Å². The lowest BCUT2D eigenvalue weighted by Crippen LogP contribution is -2.35. The molecule has 0 fully saturated rings. The molecule has 6 rings (SSSR count). The molecule has 2 aliphatic rings. The lowest BCUT2D eigenvalue weighted by molar-refractivity contribution is -0.118. The van der Waals surface area contributed by atoms with Crippen LogP contribution in [0.1, 0.15) is 50.5 Å². The zero-order valence-corrected chi connectivity index (χ0v) is 24.0. The molecule has 1 atom stereocenters. The Morgan fingerprint density at radius 2 is 1.55 bits per heavy atom. The molecule has 0 saturated carbocycles. The topological polar surface area (TPSA) is 108 Å². The second-order valence-corrected chi connectivity index (χ2v) is 10.6. The highest BCUT2D eigenvalue weighted by Crippen LogP contribution is 2.45. The van der Waals surface area contributed by atoms with Gasteiger partial charge < -0.3 is 25.4 Å². The van der Waals surface area contributed by atoms with E-state index >= 15 is 0 Å². The number of alkyl carbamates (subject to hydrolysis) is 1. The number of benzene rings is 4. The van der Waals surface area contributed by atoms with Crippen LogP contribution in [-0.2, 0) is 16.1 Å². The zero-order chi connectivity index (χ0) is 30.5. The van der Waals surface area contributed by atoms with Crippen LogP contribution in [0.25, 0.3) is 11.1 Å². The summed E-state index contributed by atoms with van der Waals surface area (Å²) in [7, 11) is 0. The van der Waals surface area contributed by atoms with Gasteiger partial charge in [-0.25, -0.2) is 4.79 Å². The molecule has 8 heteroatoms. The smallest absolute Gasteiger partial charge is 0.407 e. The van der Waals surface area contributed by atoms with Crippen LogP contribution in [0.5, 0.6) is 0 Å². The molecule has 1 aliphatic heterocycles. The minimum Gasteiger partial charge on any atom is -0.449 e. The molecule has 3 amide bonds. The molecular formula is C36H31N3O5. The molecule has 4 aromatic rings. The highest BCUT2D eigenvalue weighted by molar-refractivity contribution is 5.96. The first-order valence-electron chi connectivity index (χ1n) is 14.6. The van der Waals surface area contributed by atoms with Gasteiger partial charge in [-0.3, -0.25) is 9.59 Å². The van der Waals surface area contributed by atoms with Crippen molar-refractivity contribution >= 4 is 23.6 Å². The van der Waals surface area contributed by atoms with Gasteiger partial charge in [0.2, 0.25) is 5.91 Å². The van der Waals surface area contributed by atoms with Gasteiger partial charge in [-0.1, -0.05) is 72.5 Å². The number of anilines is 1. The van der Waals surface area contributed by atoms with Crippen molar-refractivity contribution in [1.29, 1.82) is 0 Å². The number of carbonyl (C=O) groups is 3. The van der Waals surface area contributed by atoms with Gasteiger partial charge in [0.05, 0.1) is 18.8 Å². The molecule has 8 nitrogen and oxygen atoms in total. The fraction of sp³-hybridized carbons (Fsp3) is 0.194. The lowest BCUT2D eigenvalue weighted by atomic mass is 9.96. The number of aliphatic hydroxyl groups excluding tert-OH is 1. The lowest BCUT2D eigenvalue weighted by Gasteiger charge is -2.26. The monoisotopic (exact) mass is 585 g/mol. The van der Waals surface area contributed by atoms with Gasteiger partial charge in [0, 0.05) is 42.1 Å². The van der Waals surface area contributed by atoms with Crippen LogP contribution < -0.4 is 15.5 Å². The maximum atomic E-state index is 13.5. The Labute approximate surface area is 255 Å². The third-order valence-electron chi connectivity index (χ3n) is 7.88. The van der Waals surface area contributed by atoms with E-state index in [2.05, 4.69) is 22.5 Å². The van der Waals surface area contributed by atoms with Crippen LogP contribution in [0.15, 0.2) is 91.0 Å². The Morgan fingerprint density at radius 3 is 2.41 bits per heavy atom. The summed E-state index contributed by atoms with van der Waals surface area (Å²) in [6, 6.07) is 28.7. The van der Waals surface area contributed by atoms with E-state index in [9.17, 15) is 14.4 Å². The third kappa shape index (κ3) is 5.91. The number of nitrogens with zero attached hydrogens (tertiary/aromatic N) is 1. The quantitative estimate of drug-likeness (QED) is 0.263. The van der Waals surface area contributed by atoms with Crippen molar-refractivity contribution in [3.05, 3.63) is 124 Å². The Hall–Kier alpha value is -5.39. The van der Waals surface area contributed by atoms with Crippen molar-refractivity contribution in [2.45, 2.75) is 18.9 Å². The highest BCUT2D eigenvalue weighted by Gasteiger charge is 2.30. The molecule has 0 radical (unpaired) electrons. The van der Waals surface area contributed by atoms with Gasteiger partial charge in [0.15, 0.2) is 0 Å². The number of aliphatic hydroxyl groups is 1. The van der Waals surface area contributed by atoms with E-state index < -0.39 is 6.09 Å². The average molecular weight is 586 g/mol. The van der Waals surface area contributed by atoms with Gasteiger partial charge in [0.1, 0.15) is 6.61 Å². The Balaban J connectivity index is 1.10. The Kier molecular flexibility index (Phi) is 8.39. The number of nitrogens with one attached hydrogen (secondary N) is 2. The van der Waals surface area contributed by atoms with Gasteiger partial charge >= 0.3 is 6.09 Å². The summed E-state index contributed by atoms with van der Waals surface area (Å²) in [5.74, 6) is 5.74. The van der Waals surface area contributed by atoms with Gasteiger partial charge in [0.25, 0.3) is 5.91 Å². The maximum Gasteiger partial charge on any atom is 0.407 e.